The highest BCUT2D eigenvalue weighted by atomic mass is 32.2. The number of carbonyl (C=O) groups is 1. The van der Waals surface area contributed by atoms with Crippen LogP contribution in [0.5, 0.6) is 0 Å². The van der Waals surface area contributed by atoms with Crippen molar-refractivity contribution in [3.8, 4) is 6.07 Å². The third-order valence-corrected chi connectivity index (χ3v) is 4.08. The van der Waals surface area contributed by atoms with Gasteiger partial charge >= 0.3 is 0 Å². The zero-order valence-corrected chi connectivity index (χ0v) is 13.1. The summed E-state index contributed by atoms with van der Waals surface area (Å²) in [5.41, 5.74) is 1.82. The minimum Gasteiger partial charge on any atom is -0.342 e. The second kappa shape index (κ2) is 9.44. The Morgan fingerprint density at radius 1 is 1.30 bits per heavy atom. The Morgan fingerprint density at radius 2 is 2.00 bits per heavy atom. The number of hydrogen-bond acceptors (Lipinski definition) is 3. The fourth-order valence-corrected chi connectivity index (χ4v) is 2.72. The summed E-state index contributed by atoms with van der Waals surface area (Å²) in [6.45, 7) is 5.82. The number of nitrogens with zero attached hydrogens (tertiary/aromatic N) is 2. The maximum Gasteiger partial charge on any atom is 0.232 e. The Labute approximate surface area is 126 Å². The molecule has 0 aromatic heterocycles. The summed E-state index contributed by atoms with van der Waals surface area (Å²) in [4.78, 5) is 14.0. The summed E-state index contributed by atoms with van der Waals surface area (Å²) >= 11 is 1.63. The summed E-state index contributed by atoms with van der Waals surface area (Å²) in [5.74, 6) is 1.56. The molecule has 0 bridgehead atoms. The summed E-state index contributed by atoms with van der Waals surface area (Å²) in [7, 11) is 0. The van der Waals surface area contributed by atoms with E-state index in [9.17, 15) is 4.79 Å². The second-order valence-corrected chi connectivity index (χ2v) is 5.61. The van der Waals surface area contributed by atoms with Crippen LogP contribution in [0.2, 0.25) is 0 Å². The van der Waals surface area contributed by atoms with Crippen molar-refractivity contribution >= 4 is 17.7 Å². The van der Waals surface area contributed by atoms with E-state index in [1.54, 1.807) is 11.8 Å². The van der Waals surface area contributed by atoms with Gasteiger partial charge in [-0.25, -0.2) is 0 Å². The zero-order chi connectivity index (χ0) is 14.8. The zero-order valence-electron chi connectivity index (χ0n) is 12.3. The standard InChI is InChI=1S/C16H22N2OS/c1-3-5-10-18(4-2)16(19)13-20-12-15-8-6-14(11-17)7-9-15/h6-9H,3-5,10,12-13H2,1-2H3. The van der Waals surface area contributed by atoms with Gasteiger partial charge in [0.1, 0.15) is 0 Å². The molecule has 0 aliphatic carbocycles. The molecule has 108 valence electrons. The molecule has 0 spiro atoms. The van der Waals surface area contributed by atoms with E-state index >= 15 is 0 Å². The van der Waals surface area contributed by atoms with Crippen LogP contribution in [0.3, 0.4) is 0 Å². The molecule has 0 radical (unpaired) electrons. The van der Waals surface area contributed by atoms with Crippen LogP contribution in [0, 0.1) is 11.3 Å². The van der Waals surface area contributed by atoms with Crippen molar-refractivity contribution in [2.45, 2.75) is 32.4 Å². The third-order valence-electron chi connectivity index (χ3n) is 3.09. The van der Waals surface area contributed by atoms with Crippen LogP contribution in [0.25, 0.3) is 0 Å². The number of carbonyl (C=O) groups excluding carboxylic acids is 1. The lowest BCUT2D eigenvalue weighted by molar-refractivity contribution is -0.128. The van der Waals surface area contributed by atoms with Gasteiger partial charge in [0.15, 0.2) is 0 Å². The lowest BCUT2D eigenvalue weighted by Crippen LogP contribution is -2.33. The molecule has 4 heteroatoms. The van der Waals surface area contributed by atoms with Gasteiger partial charge in [0.25, 0.3) is 0 Å². The van der Waals surface area contributed by atoms with E-state index < -0.39 is 0 Å². The number of benzene rings is 1. The molecule has 0 aliphatic heterocycles. The largest absolute Gasteiger partial charge is 0.342 e. The Morgan fingerprint density at radius 3 is 2.55 bits per heavy atom. The smallest absolute Gasteiger partial charge is 0.232 e. The number of nitriles is 1. The molecule has 0 aliphatic rings. The highest BCUT2D eigenvalue weighted by Gasteiger charge is 2.10. The van der Waals surface area contributed by atoms with Crippen LogP contribution < -0.4 is 0 Å². The number of amides is 1. The highest BCUT2D eigenvalue weighted by Crippen LogP contribution is 2.14. The van der Waals surface area contributed by atoms with E-state index in [4.69, 9.17) is 5.26 Å². The second-order valence-electron chi connectivity index (χ2n) is 4.63. The number of rotatable bonds is 8. The van der Waals surface area contributed by atoms with Crippen molar-refractivity contribution < 1.29 is 4.79 Å². The molecule has 0 unspecified atom stereocenters. The Hall–Kier alpha value is -1.47. The van der Waals surface area contributed by atoms with Crippen molar-refractivity contribution in [1.82, 2.24) is 4.90 Å². The molecular formula is C16H22N2OS. The van der Waals surface area contributed by atoms with Gasteiger partial charge in [-0.3, -0.25) is 4.79 Å². The van der Waals surface area contributed by atoms with E-state index in [2.05, 4.69) is 13.0 Å². The molecule has 20 heavy (non-hydrogen) atoms. The van der Waals surface area contributed by atoms with Crippen LogP contribution in [0.15, 0.2) is 24.3 Å². The van der Waals surface area contributed by atoms with Crippen LogP contribution in [-0.4, -0.2) is 29.6 Å². The van der Waals surface area contributed by atoms with Gasteiger partial charge in [-0.05, 0) is 31.0 Å². The SMILES string of the molecule is CCCCN(CC)C(=O)CSCc1ccc(C#N)cc1. The monoisotopic (exact) mass is 290 g/mol. The van der Waals surface area contributed by atoms with Gasteiger partial charge in [0.2, 0.25) is 5.91 Å². The lowest BCUT2D eigenvalue weighted by atomic mass is 10.2. The highest BCUT2D eigenvalue weighted by molar-refractivity contribution is 7.99. The first kappa shape index (κ1) is 16.6. The van der Waals surface area contributed by atoms with Gasteiger partial charge in [0, 0.05) is 18.8 Å². The molecule has 1 rings (SSSR count). The molecule has 1 aromatic rings. The van der Waals surface area contributed by atoms with E-state index in [1.807, 2.05) is 36.1 Å². The van der Waals surface area contributed by atoms with Crippen LogP contribution in [-0.2, 0) is 10.5 Å². The summed E-state index contributed by atoms with van der Waals surface area (Å²) in [6, 6.07) is 9.63. The Bertz CT molecular complexity index is 451. The first-order chi connectivity index (χ1) is 9.71. The summed E-state index contributed by atoms with van der Waals surface area (Å²) in [6.07, 6.45) is 2.18. The molecule has 0 saturated heterocycles. The van der Waals surface area contributed by atoms with Gasteiger partial charge in [-0.15, -0.1) is 11.8 Å². The van der Waals surface area contributed by atoms with Crippen LogP contribution in [0.1, 0.15) is 37.8 Å². The van der Waals surface area contributed by atoms with E-state index in [1.165, 1.54) is 0 Å². The average Bonchev–Trinajstić information content (AvgIpc) is 2.48. The van der Waals surface area contributed by atoms with Crippen molar-refractivity contribution in [1.29, 1.82) is 5.26 Å². The molecule has 1 aromatic carbocycles. The predicted molar refractivity (Wildman–Crippen MR) is 84.5 cm³/mol. The maximum atomic E-state index is 12.0. The van der Waals surface area contributed by atoms with Gasteiger partial charge in [-0.2, -0.15) is 5.26 Å². The maximum absolute atomic E-state index is 12.0. The summed E-state index contributed by atoms with van der Waals surface area (Å²) < 4.78 is 0. The molecular weight excluding hydrogens is 268 g/mol. The van der Waals surface area contributed by atoms with Crippen molar-refractivity contribution in [3.63, 3.8) is 0 Å². The fourth-order valence-electron chi connectivity index (χ4n) is 1.83. The first-order valence-electron chi connectivity index (χ1n) is 7.05. The molecule has 3 nitrogen and oxygen atoms in total. The van der Waals surface area contributed by atoms with Crippen molar-refractivity contribution in [2.24, 2.45) is 0 Å². The molecule has 0 fully saturated rings. The van der Waals surface area contributed by atoms with Crippen LogP contribution >= 0.6 is 11.8 Å². The average molecular weight is 290 g/mol. The minimum atomic E-state index is 0.222. The number of hydrogen-bond donors (Lipinski definition) is 0. The third kappa shape index (κ3) is 5.66. The number of unbranched alkanes of at least 4 members (excludes halogenated alkanes) is 1. The Kier molecular flexibility index (Phi) is 7.82. The molecule has 0 N–H and O–H groups in total. The first-order valence-corrected chi connectivity index (χ1v) is 8.21. The molecule has 0 saturated carbocycles. The lowest BCUT2D eigenvalue weighted by Gasteiger charge is -2.20. The predicted octanol–water partition coefficient (Wildman–Crippen LogP) is 3.44. The van der Waals surface area contributed by atoms with Gasteiger partial charge < -0.3 is 4.90 Å². The quantitative estimate of drug-likeness (QED) is 0.736. The van der Waals surface area contributed by atoms with Crippen LogP contribution in [0.4, 0.5) is 0 Å². The molecule has 0 heterocycles. The minimum absolute atomic E-state index is 0.222. The number of thioether (sulfide) groups is 1. The van der Waals surface area contributed by atoms with Crippen molar-refractivity contribution in [3.05, 3.63) is 35.4 Å². The topological polar surface area (TPSA) is 44.1 Å². The molecule has 0 atom stereocenters. The van der Waals surface area contributed by atoms with Gasteiger partial charge in [-0.1, -0.05) is 25.5 Å². The van der Waals surface area contributed by atoms with E-state index in [-0.39, 0.29) is 5.91 Å². The fraction of sp³-hybridized carbons (Fsp3) is 0.500. The van der Waals surface area contributed by atoms with Crippen molar-refractivity contribution in [2.75, 3.05) is 18.8 Å². The van der Waals surface area contributed by atoms with E-state index in [0.29, 0.717) is 11.3 Å². The van der Waals surface area contributed by atoms with E-state index in [0.717, 1.165) is 37.2 Å². The van der Waals surface area contributed by atoms with Gasteiger partial charge in [0.05, 0.1) is 17.4 Å². The normalized spacial score (nSPS) is 10.1. The summed E-state index contributed by atoms with van der Waals surface area (Å²) in [5, 5.41) is 8.73. The molecule has 1 amide bonds. The Balaban J connectivity index is 2.35.